The molecule has 0 bridgehead atoms. The number of carbonyl (C=O) groups is 1. The molecule has 1 amide bonds. The van der Waals surface area contributed by atoms with Crippen molar-refractivity contribution in [1.82, 2.24) is 24.9 Å². The van der Waals surface area contributed by atoms with Crippen molar-refractivity contribution >= 4 is 11.6 Å². The van der Waals surface area contributed by atoms with Crippen LogP contribution in [0.15, 0.2) is 83.2 Å². The van der Waals surface area contributed by atoms with Gasteiger partial charge in [-0.1, -0.05) is 31.7 Å². The highest BCUT2D eigenvalue weighted by Crippen LogP contribution is 2.14. The first-order valence-corrected chi connectivity index (χ1v) is 12.0. The van der Waals surface area contributed by atoms with E-state index in [-0.39, 0.29) is 18.1 Å². The standard InChI is InChI=1S/C27H33N7O3/c1-5-23(37-13-12-29-27(36)24(28)6-2)16-30-19(3)21-9-7-8-20(14-21)17-34-26(35)11-10-25(32-34)22-15-31-33(4)18-22/h5,7-11,14-16,18,24H,1,6,12-13,17,28H2,2-4H3,(H,29,36)/b23-16+,30-19+/t24-/m0/s1. The Kier molecular flexibility index (Phi) is 9.68. The van der Waals surface area contributed by atoms with Crippen LogP contribution in [0.4, 0.5) is 0 Å². The highest BCUT2D eigenvalue weighted by molar-refractivity contribution is 5.99. The molecule has 0 saturated carbocycles. The van der Waals surface area contributed by atoms with E-state index < -0.39 is 6.04 Å². The van der Waals surface area contributed by atoms with Crippen LogP contribution >= 0.6 is 0 Å². The lowest BCUT2D eigenvalue weighted by Crippen LogP contribution is -2.41. The van der Waals surface area contributed by atoms with Crippen molar-refractivity contribution in [3.8, 4) is 11.3 Å². The molecule has 37 heavy (non-hydrogen) atoms. The van der Waals surface area contributed by atoms with Gasteiger partial charge in [-0.15, -0.1) is 0 Å². The smallest absolute Gasteiger partial charge is 0.267 e. The molecule has 2 aromatic heterocycles. The summed E-state index contributed by atoms with van der Waals surface area (Å²) in [6, 6.07) is 10.5. The Bertz CT molecular complexity index is 1350. The van der Waals surface area contributed by atoms with Crippen molar-refractivity contribution in [2.24, 2.45) is 17.8 Å². The lowest BCUT2D eigenvalue weighted by atomic mass is 10.1. The van der Waals surface area contributed by atoms with Crippen molar-refractivity contribution in [1.29, 1.82) is 0 Å². The van der Waals surface area contributed by atoms with E-state index in [9.17, 15) is 9.59 Å². The summed E-state index contributed by atoms with van der Waals surface area (Å²) in [5, 5.41) is 11.4. The predicted molar refractivity (Wildman–Crippen MR) is 144 cm³/mol. The number of carbonyl (C=O) groups excluding carboxylic acids is 1. The zero-order chi connectivity index (χ0) is 26.8. The van der Waals surface area contributed by atoms with Gasteiger partial charge >= 0.3 is 0 Å². The van der Waals surface area contributed by atoms with E-state index in [1.165, 1.54) is 10.7 Å². The maximum atomic E-state index is 12.4. The van der Waals surface area contributed by atoms with E-state index >= 15 is 0 Å². The van der Waals surface area contributed by atoms with Gasteiger partial charge in [0.15, 0.2) is 0 Å². The minimum absolute atomic E-state index is 0.188. The Hall–Kier alpha value is -4.31. The van der Waals surface area contributed by atoms with Crippen molar-refractivity contribution < 1.29 is 9.53 Å². The highest BCUT2D eigenvalue weighted by atomic mass is 16.5. The molecular formula is C27H33N7O3. The van der Waals surface area contributed by atoms with E-state index in [4.69, 9.17) is 10.5 Å². The fraction of sp³-hybridized carbons (Fsp3) is 0.296. The van der Waals surface area contributed by atoms with Crippen LogP contribution in [0.5, 0.6) is 0 Å². The number of hydrogen-bond acceptors (Lipinski definition) is 7. The molecule has 3 aromatic rings. The number of hydrogen-bond donors (Lipinski definition) is 2. The van der Waals surface area contributed by atoms with Gasteiger partial charge in [-0.25, -0.2) is 4.68 Å². The number of nitrogens with two attached hydrogens (primary N) is 1. The van der Waals surface area contributed by atoms with Crippen molar-refractivity contribution in [3.05, 3.63) is 94.9 Å². The van der Waals surface area contributed by atoms with Crippen molar-refractivity contribution in [2.75, 3.05) is 13.2 Å². The van der Waals surface area contributed by atoms with Crippen LogP contribution in [0, 0.1) is 0 Å². The number of nitrogens with one attached hydrogen (secondary N) is 1. The van der Waals surface area contributed by atoms with Gasteiger partial charge in [0.1, 0.15) is 12.4 Å². The Morgan fingerprint density at radius 1 is 1.32 bits per heavy atom. The fourth-order valence-corrected chi connectivity index (χ4v) is 3.38. The monoisotopic (exact) mass is 503 g/mol. The number of benzene rings is 1. The van der Waals surface area contributed by atoms with Crippen LogP contribution in [0.2, 0.25) is 0 Å². The quantitative estimate of drug-likeness (QED) is 0.169. The number of ether oxygens (including phenoxy) is 1. The molecule has 0 aliphatic rings. The van der Waals surface area contributed by atoms with Crippen LogP contribution in [-0.4, -0.2) is 50.4 Å². The summed E-state index contributed by atoms with van der Waals surface area (Å²) in [4.78, 5) is 28.7. The molecule has 0 aliphatic carbocycles. The normalized spacial score (nSPS) is 12.8. The molecule has 1 atom stereocenters. The van der Waals surface area contributed by atoms with Gasteiger partial charge < -0.3 is 15.8 Å². The molecule has 3 N–H and O–H groups in total. The third kappa shape index (κ3) is 7.84. The van der Waals surface area contributed by atoms with E-state index in [2.05, 4.69) is 27.1 Å². The summed E-state index contributed by atoms with van der Waals surface area (Å²) in [5.41, 5.74) is 9.59. The average Bonchev–Trinajstić information content (AvgIpc) is 3.35. The molecule has 0 aliphatic heterocycles. The van der Waals surface area contributed by atoms with Gasteiger partial charge in [0, 0.05) is 30.6 Å². The first-order chi connectivity index (χ1) is 17.8. The summed E-state index contributed by atoms with van der Waals surface area (Å²) in [5.74, 6) is 0.276. The highest BCUT2D eigenvalue weighted by Gasteiger charge is 2.10. The van der Waals surface area contributed by atoms with Crippen LogP contribution < -0.4 is 16.6 Å². The van der Waals surface area contributed by atoms with Crippen LogP contribution in [0.1, 0.15) is 31.4 Å². The zero-order valence-corrected chi connectivity index (χ0v) is 21.4. The lowest BCUT2D eigenvalue weighted by molar-refractivity contribution is -0.122. The largest absolute Gasteiger partial charge is 0.490 e. The van der Waals surface area contributed by atoms with E-state index in [0.29, 0.717) is 31.0 Å². The number of aliphatic imine (C=N–C) groups is 1. The maximum Gasteiger partial charge on any atom is 0.267 e. The fourth-order valence-electron chi connectivity index (χ4n) is 3.38. The first-order valence-electron chi connectivity index (χ1n) is 12.0. The summed E-state index contributed by atoms with van der Waals surface area (Å²) < 4.78 is 8.76. The van der Waals surface area contributed by atoms with E-state index in [1.807, 2.05) is 51.4 Å². The number of rotatable bonds is 12. The molecule has 0 radical (unpaired) electrons. The Morgan fingerprint density at radius 2 is 2.14 bits per heavy atom. The van der Waals surface area contributed by atoms with Crippen LogP contribution in [0.25, 0.3) is 11.3 Å². The van der Waals surface area contributed by atoms with Crippen molar-refractivity contribution in [2.45, 2.75) is 32.9 Å². The molecule has 0 fully saturated rings. The third-order valence-corrected chi connectivity index (χ3v) is 5.58. The molecule has 10 heteroatoms. The molecular weight excluding hydrogens is 470 g/mol. The van der Waals surface area contributed by atoms with Gasteiger partial charge in [-0.05, 0) is 42.7 Å². The maximum absolute atomic E-state index is 12.4. The Morgan fingerprint density at radius 3 is 2.84 bits per heavy atom. The van der Waals surface area contributed by atoms with Gasteiger partial charge in [0.05, 0.1) is 37.2 Å². The third-order valence-electron chi connectivity index (χ3n) is 5.58. The van der Waals surface area contributed by atoms with Crippen LogP contribution in [-0.2, 0) is 23.1 Å². The van der Waals surface area contributed by atoms with Crippen molar-refractivity contribution in [3.63, 3.8) is 0 Å². The van der Waals surface area contributed by atoms with Gasteiger partial charge in [-0.3, -0.25) is 19.3 Å². The molecule has 10 nitrogen and oxygen atoms in total. The van der Waals surface area contributed by atoms with Crippen LogP contribution in [0.3, 0.4) is 0 Å². The topological polar surface area (TPSA) is 129 Å². The molecule has 2 heterocycles. The lowest BCUT2D eigenvalue weighted by Gasteiger charge is -2.11. The second-order valence-corrected chi connectivity index (χ2v) is 8.42. The SMILES string of the molecule is C=C/C(=C\N=C(/C)c1cccc(Cn2nc(-c3cnn(C)c3)ccc2=O)c1)OCCNC(=O)[C@@H](N)CC. The summed E-state index contributed by atoms with van der Waals surface area (Å²) in [6.45, 7) is 8.41. The van der Waals surface area contributed by atoms with Gasteiger partial charge in [0.25, 0.3) is 5.56 Å². The Balaban J connectivity index is 1.66. The molecule has 3 rings (SSSR count). The second kappa shape index (κ2) is 13.1. The number of aryl methyl sites for hydroxylation is 1. The number of amides is 1. The van der Waals surface area contributed by atoms with E-state index in [0.717, 1.165) is 22.4 Å². The van der Waals surface area contributed by atoms with Gasteiger partial charge in [-0.2, -0.15) is 10.2 Å². The molecule has 1 aromatic carbocycles. The number of allylic oxidation sites excluding steroid dienone is 1. The predicted octanol–water partition coefficient (Wildman–Crippen LogP) is 2.40. The van der Waals surface area contributed by atoms with E-state index in [1.54, 1.807) is 29.2 Å². The number of nitrogens with zero attached hydrogens (tertiary/aromatic N) is 5. The minimum atomic E-state index is -0.517. The summed E-state index contributed by atoms with van der Waals surface area (Å²) >= 11 is 0. The molecule has 194 valence electrons. The average molecular weight is 504 g/mol. The Labute approximate surface area is 216 Å². The zero-order valence-electron chi connectivity index (χ0n) is 21.4. The molecule has 0 unspecified atom stereocenters. The number of aromatic nitrogens is 4. The van der Waals surface area contributed by atoms with Gasteiger partial charge in [0.2, 0.25) is 5.91 Å². The first kappa shape index (κ1) is 27.3. The summed E-state index contributed by atoms with van der Waals surface area (Å²) in [6.07, 6.45) is 7.28. The summed E-state index contributed by atoms with van der Waals surface area (Å²) in [7, 11) is 1.83. The molecule has 0 spiro atoms. The second-order valence-electron chi connectivity index (χ2n) is 8.42. The molecule has 0 saturated heterocycles. The minimum Gasteiger partial charge on any atom is -0.490 e.